The van der Waals surface area contributed by atoms with Crippen molar-refractivity contribution in [1.29, 1.82) is 0 Å². The molecule has 0 spiro atoms. The number of carbonyl (C=O) groups is 1. The van der Waals surface area contributed by atoms with Crippen molar-refractivity contribution in [2.24, 2.45) is 0 Å². The summed E-state index contributed by atoms with van der Waals surface area (Å²) in [5.41, 5.74) is 2.80. The van der Waals surface area contributed by atoms with E-state index in [0.29, 0.717) is 35.3 Å². The molecule has 0 saturated carbocycles. The zero-order valence-corrected chi connectivity index (χ0v) is 20.5. The number of hydrogen-bond acceptors (Lipinski definition) is 7. The fraction of sp³-hybridized carbons (Fsp3) is 0.440. The minimum atomic E-state index is -4.73. The first-order chi connectivity index (χ1) is 17.1. The molecule has 1 fully saturated rings. The molecule has 192 valence electrons. The molecule has 4 rings (SSSR count). The van der Waals surface area contributed by atoms with Gasteiger partial charge in [-0.1, -0.05) is 12.1 Å². The van der Waals surface area contributed by atoms with E-state index in [0.717, 1.165) is 37.2 Å². The number of anilines is 2. The summed E-state index contributed by atoms with van der Waals surface area (Å²) in [5, 5.41) is 2.77. The number of rotatable bonds is 7. The number of carbonyl (C=O) groups excluding carboxylic acids is 1. The number of nitrogens with one attached hydrogen (secondary N) is 1. The number of ether oxygens (including phenoxy) is 1. The number of nitrogens with zero attached hydrogens (tertiary/aromatic N) is 5. The van der Waals surface area contributed by atoms with Crippen LogP contribution in [0, 0.1) is 6.92 Å². The number of piperidine rings is 1. The van der Waals surface area contributed by atoms with Gasteiger partial charge in [-0.2, -0.15) is 0 Å². The first-order valence-corrected chi connectivity index (χ1v) is 11.8. The van der Waals surface area contributed by atoms with Gasteiger partial charge >= 0.3 is 6.36 Å². The second kappa shape index (κ2) is 10.7. The van der Waals surface area contributed by atoms with Crippen LogP contribution in [0.3, 0.4) is 0 Å². The number of pyridine rings is 1. The van der Waals surface area contributed by atoms with E-state index in [1.165, 1.54) is 24.3 Å². The fourth-order valence-electron chi connectivity index (χ4n) is 4.26. The van der Waals surface area contributed by atoms with E-state index in [1.807, 2.05) is 13.0 Å². The molecule has 0 bridgehead atoms. The number of aryl methyl sites for hydroxylation is 2. The minimum Gasteiger partial charge on any atom is -0.406 e. The zero-order valence-electron chi connectivity index (χ0n) is 20.5. The van der Waals surface area contributed by atoms with E-state index < -0.39 is 6.36 Å². The van der Waals surface area contributed by atoms with Gasteiger partial charge in [0, 0.05) is 25.6 Å². The number of hydrogen-bond donors (Lipinski definition) is 1. The normalized spacial score (nSPS) is 14.9. The van der Waals surface area contributed by atoms with Gasteiger partial charge in [-0.25, -0.2) is 15.0 Å². The highest BCUT2D eigenvalue weighted by molar-refractivity contribution is 5.91. The van der Waals surface area contributed by atoms with Gasteiger partial charge in [0.2, 0.25) is 11.9 Å². The molecule has 1 aliphatic rings. The Bertz CT molecular complexity index is 1210. The maximum Gasteiger partial charge on any atom is 0.573 e. The maximum atomic E-state index is 12.4. The molecular formula is C25H29F3N6O2. The van der Waals surface area contributed by atoms with Gasteiger partial charge in [0.1, 0.15) is 17.1 Å². The molecule has 0 atom stereocenters. The molecule has 3 heterocycles. The first kappa shape index (κ1) is 25.6. The van der Waals surface area contributed by atoms with E-state index in [1.54, 1.807) is 6.07 Å². The molecule has 1 amide bonds. The average molecular weight is 503 g/mol. The van der Waals surface area contributed by atoms with Crippen LogP contribution in [-0.2, 0) is 11.2 Å². The van der Waals surface area contributed by atoms with Crippen LogP contribution in [0.1, 0.15) is 30.5 Å². The lowest BCUT2D eigenvalue weighted by molar-refractivity contribution is -0.274. The van der Waals surface area contributed by atoms with Crippen molar-refractivity contribution in [3.8, 4) is 5.75 Å². The molecule has 0 radical (unpaired) electrons. The van der Waals surface area contributed by atoms with Gasteiger partial charge in [0.05, 0.1) is 11.2 Å². The summed E-state index contributed by atoms with van der Waals surface area (Å²) < 4.78 is 40.7. The maximum absolute atomic E-state index is 12.4. The minimum absolute atomic E-state index is 0.149. The lowest BCUT2D eigenvalue weighted by Gasteiger charge is -2.35. The van der Waals surface area contributed by atoms with Crippen molar-refractivity contribution in [3.05, 3.63) is 47.7 Å². The Morgan fingerprint density at radius 3 is 2.42 bits per heavy atom. The lowest BCUT2D eigenvalue weighted by Crippen LogP contribution is -2.42. The summed E-state index contributed by atoms with van der Waals surface area (Å²) in [6.07, 6.45) is -2.11. The summed E-state index contributed by atoms with van der Waals surface area (Å²) >= 11 is 0. The highest BCUT2D eigenvalue weighted by Crippen LogP contribution is 2.24. The first-order valence-electron chi connectivity index (χ1n) is 11.8. The second-order valence-electron chi connectivity index (χ2n) is 9.10. The molecular weight excluding hydrogens is 473 g/mol. The van der Waals surface area contributed by atoms with Crippen LogP contribution < -0.4 is 15.0 Å². The molecule has 0 aliphatic carbocycles. The number of alkyl halides is 3. The van der Waals surface area contributed by atoms with Crippen LogP contribution in [-0.4, -0.2) is 65.3 Å². The second-order valence-corrected chi connectivity index (χ2v) is 9.10. The summed E-state index contributed by atoms with van der Waals surface area (Å²) in [5.74, 6) is 0.543. The van der Waals surface area contributed by atoms with Crippen molar-refractivity contribution < 1.29 is 22.7 Å². The van der Waals surface area contributed by atoms with Crippen LogP contribution >= 0.6 is 0 Å². The molecule has 3 aromatic rings. The van der Waals surface area contributed by atoms with Crippen molar-refractivity contribution in [2.75, 3.05) is 37.4 Å². The summed E-state index contributed by atoms with van der Waals surface area (Å²) in [4.78, 5) is 30.8. The van der Waals surface area contributed by atoms with Crippen LogP contribution in [0.25, 0.3) is 11.0 Å². The number of benzene rings is 1. The molecule has 1 saturated heterocycles. The standard InChI is InChI=1S/C25H29F3N6O2/c1-16-23-20(30-24(29-16)34-14-12-18(13-15-34)33(2)3)9-10-21(32-23)31-22(35)11-6-17-4-7-19(8-5-17)36-25(26,27)28/h4-5,7-10,18H,6,11-15H2,1-3H3,(H,31,32,35). The molecule has 1 N–H and O–H groups in total. The van der Waals surface area contributed by atoms with Crippen LogP contribution in [0.5, 0.6) is 5.75 Å². The topological polar surface area (TPSA) is 83.5 Å². The summed E-state index contributed by atoms with van der Waals surface area (Å²) in [6.45, 7) is 3.67. The van der Waals surface area contributed by atoms with Gasteiger partial charge in [0.25, 0.3) is 0 Å². The van der Waals surface area contributed by atoms with Crippen LogP contribution in [0.15, 0.2) is 36.4 Å². The molecule has 11 heteroatoms. The number of fused-ring (bicyclic) bond motifs is 1. The summed E-state index contributed by atoms with van der Waals surface area (Å²) in [6, 6.07) is 9.56. The van der Waals surface area contributed by atoms with E-state index in [4.69, 9.17) is 4.98 Å². The molecule has 2 aromatic heterocycles. The van der Waals surface area contributed by atoms with E-state index in [-0.39, 0.29) is 18.1 Å². The monoisotopic (exact) mass is 502 g/mol. The average Bonchev–Trinajstić information content (AvgIpc) is 2.83. The predicted octanol–water partition coefficient (Wildman–Crippen LogP) is 4.33. The van der Waals surface area contributed by atoms with E-state index >= 15 is 0 Å². The van der Waals surface area contributed by atoms with Gasteiger partial charge in [0.15, 0.2) is 0 Å². The number of amides is 1. The Balaban J connectivity index is 1.35. The smallest absolute Gasteiger partial charge is 0.406 e. The van der Waals surface area contributed by atoms with Gasteiger partial charge in [-0.15, -0.1) is 13.2 Å². The van der Waals surface area contributed by atoms with Crippen molar-refractivity contribution in [2.45, 2.75) is 45.0 Å². The Morgan fingerprint density at radius 1 is 1.08 bits per heavy atom. The Kier molecular flexibility index (Phi) is 7.58. The third-order valence-electron chi connectivity index (χ3n) is 6.25. The SMILES string of the molecule is Cc1nc(N2CCC(N(C)C)CC2)nc2ccc(NC(=O)CCc3ccc(OC(F)(F)F)cc3)nc12. The van der Waals surface area contributed by atoms with Crippen LogP contribution in [0.2, 0.25) is 0 Å². The number of aromatic nitrogens is 3. The van der Waals surface area contributed by atoms with Gasteiger partial charge < -0.3 is 19.9 Å². The molecule has 1 aromatic carbocycles. The highest BCUT2D eigenvalue weighted by Gasteiger charge is 2.31. The Labute approximate surface area is 207 Å². The third-order valence-corrected chi connectivity index (χ3v) is 6.25. The lowest BCUT2D eigenvalue weighted by atomic mass is 10.0. The van der Waals surface area contributed by atoms with E-state index in [2.05, 4.69) is 43.9 Å². The zero-order chi connectivity index (χ0) is 25.9. The molecule has 0 unspecified atom stereocenters. The van der Waals surface area contributed by atoms with Crippen LogP contribution in [0.4, 0.5) is 24.9 Å². The quantitative estimate of drug-likeness (QED) is 0.515. The van der Waals surface area contributed by atoms with Crippen molar-refractivity contribution in [3.63, 3.8) is 0 Å². The van der Waals surface area contributed by atoms with Gasteiger partial charge in [-0.3, -0.25) is 4.79 Å². The summed E-state index contributed by atoms with van der Waals surface area (Å²) in [7, 11) is 4.21. The van der Waals surface area contributed by atoms with E-state index in [9.17, 15) is 18.0 Å². The Hall–Kier alpha value is -3.47. The Morgan fingerprint density at radius 2 is 1.78 bits per heavy atom. The molecule has 8 nitrogen and oxygen atoms in total. The molecule has 36 heavy (non-hydrogen) atoms. The predicted molar refractivity (Wildman–Crippen MR) is 131 cm³/mol. The third kappa shape index (κ3) is 6.60. The fourth-order valence-corrected chi connectivity index (χ4v) is 4.26. The van der Waals surface area contributed by atoms with Crippen molar-refractivity contribution >= 4 is 28.7 Å². The highest BCUT2D eigenvalue weighted by atomic mass is 19.4. The van der Waals surface area contributed by atoms with Gasteiger partial charge in [-0.05, 0) is 70.1 Å². The van der Waals surface area contributed by atoms with Crippen molar-refractivity contribution in [1.82, 2.24) is 19.9 Å². The molecule has 1 aliphatic heterocycles. The number of halogens is 3. The largest absolute Gasteiger partial charge is 0.573 e.